The highest BCUT2D eigenvalue weighted by atomic mass is 16.6. The normalized spacial score (nSPS) is 14.1. The van der Waals surface area contributed by atoms with Gasteiger partial charge < -0.3 is 14.6 Å². The second kappa shape index (κ2) is 8.59. The molecule has 0 bridgehead atoms. The lowest BCUT2D eigenvalue weighted by atomic mass is 10.2. The van der Waals surface area contributed by atoms with Crippen LogP contribution in [-0.2, 0) is 16.1 Å². The third-order valence-electron chi connectivity index (χ3n) is 2.43. The number of anilines is 1. The molecule has 0 aromatic carbocycles. The Morgan fingerprint density at radius 2 is 2.05 bits per heavy atom. The van der Waals surface area contributed by atoms with E-state index in [1.807, 2.05) is 0 Å². The van der Waals surface area contributed by atoms with Crippen molar-refractivity contribution in [3.8, 4) is 0 Å². The van der Waals surface area contributed by atoms with E-state index in [-0.39, 0.29) is 6.61 Å². The van der Waals surface area contributed by atoms with E-state index in [4.69, 9.17) is 14.6 Å². The van der Waals surface area contributed by atoms with E-state index < -0.39 is 11.7 Å². The number of ether oxygens (including phenoxy) is 2. The van der Waals surface area contributed by atoms with E-state index in [0.717, 1.165) is 13.2 Å². The first-order chi connectivity index (χ1) is 9.90. The van der Waals surface area contributed by atoms with E-state index in [9.17, 15) is 4.79 Å². The number of aliphatic hydroxyl groups is 1. The molecule has 1 aliphatic heterocycles. The standard InChI is InChI=1S/C11H16N2O3.C4H8O/c1-11(2,3)16-10(15)13-9-6-4-5-8(7-14)12-9;1-2-4-5-3-1/h4-6,14H,7H2,1-3H3,(H,12,13,15);1-4H2. The molecular weight excluding hydrogens is 272 g/mol. The Hall–Kier alpha value is -1.66. The molecule has 1 aromatic heterocycles. The van der Waals surface area contributed by atoms with Crippen LogP contribution < -0.4 is 5.32 Å². The predicted molar refractivity (Wildman–Crippen MR) is 80.1 cm³/mol. The lowest BCUT2D eigenvalue weighted by molar-refractivity contribution is 0.0635. The number of carbonyl (C=O) groups is 1. The Morgan fingerprint density at radius 3 is 2.52 bits per heavy atom. The van der Waals surface area contributed by atoms with Gasteiger partial charge in [-0.05, 0) is 45.7 Å². The van der Waals surface area contributed by atoms with Gasteiger partial charge in [0.1, 0.15) is 11.4 Å². The van der Waals surface area contributed by atoms with E-state index >= 15 is 0 Å². The fourth-order valence-electron chi connectivity index (χ4n) is 1.56. The van der Waals surface area contributed by atoms with Crippen molar-refractivity contribution in [2.45, 2.75) is 45.8 Å². The van der Waals surface area contributed by atoms with Crippen molar-refractivity contribution in [3.63, 3.8) is 0 Å². The van der Waals surface area contributed by atoms with Crippen LogP contribution in [0.25, 0.3) is 0 Å². The number of hydrogen-bond donors (Lipinski definition) is 2. The topological polar surface area (TPSA) is 80.7 Å². The van der Waals surface area contributed by atoms with Gasteiger partial charge in [-0.15, -0.1) is 0 Å². The van der Waals surface area contributed by atoms with E-state index in [1.165, 1.54) is 12.8 Å². The van der Waals surface area contributed by atoms with Crippen molar-refractivity contribution in [2.24, 2.45) is 0 Å². The number of rotatable bonds is 2. The summed E-state index contributed by atoms with van der Waals surface area (Å²) in [5, 5.41) is 11.4. The van der Waals surface area contributed by atoms with Gasteiger partial charge >= 0.3 is 6.09 Å². The second-order valence-electron chi connectivity index (χ2n) is 5.62. The molecule has 2 rings (SSSR count). The lowest BCUT2D eigenvalue weighted by Gasteiger charge is -2.19. The van der Waals surface area contributed by atoms with Crippen LogP contribution in [0, 0.1) is 0 Å². The van der Waals surface area contributed by atoms with Crippen molar-refractivity contribution in [2.75, 3.05) is 18.5 Å². The van der Waals surface area contributed by atoms with Gasteiger partial charge in [-0.1, -0.05) is 6.07 Å². The summed E-state index contributed by atoms with van der Waals surface area (Å²) in [6.45, 7) is 7.18. The maximum absolute atomic E-state index is 11.4. The molecule has 0 spiro atoms. The van der Waals surface area contributed by atoms with E-state index in [1.54, 1.807) is 39.0 Å². The first kappa shape index (κ1) is 17.4. The SMILES string of the molecule is C1CCOC1.CC(C)(C)OC(=O)Nc1cccc(CO)n1. The van der Waals surface area contributed by atoms with E-state index in [0.29, 0.717) is 11.5 Å². The predicted octanol–water partition coefficient (Wildman–Crippen LogP) is 2.72. The first-order valence-corrected chi connectivity index (χ1v) is 7.05. The van der Waals surface area contributed by atoms with Crippen molar-refractivity contribution in [3.05, 3.63) is 23.9 Å². The summed E-state index contributed by atoms with van der Waals surface area (Å²) in [5.74, 6) is 0.362. The first-order valence-electron chi connectivity index (χ1n) is 7.05. The van der Waals surface area contributed by atoms with Gasteiger partial charge in [0.2, 0.25) is 0 Å². The van der Waals surface area contributed by atoms with Gasteiger partial charge in [-0.25, -0.2) is 9.78 Å². The summed E-state index contributed by atoms with van der Waals surface area (Å²) in [5.41, 5.74) is -0.0489. The maximum Gasteiger partial charge on any atom is 0.413 e. The molecular formula is C15H24N2O4. The fourth-order valence-corrected chi connectivity index (χ4v) is 1.56. The van der Waals surface area contributed by atoms with Crippen molar-refractivity contribution >= 4 is 11.9 Å². The van der Waals surface area contributed by atoms with Gasteiger partial charge in [0.05, 0.1) is 12.3 Å². The van der Waals surface area contributed by atoms with Crippen LogP contribution >= 0.6 is 0 Å². The van der Waals surface area contributed by atoms with Crippen LogP contribution in [0.2, 0.25) is 0 Å². The monoisotopic (exact) mass is 296 g/mol. The third-order valence-corrected chi connectivity index (χ3v) is 2.43. The van der Waals surface area contributed by atoms with Crippen molar-refractivity contribution in [1.82, 2.24) is 4.98 Å². The van der Waals surface area contributed by atoms with Gasteiger partial charge in [-0.3, -0.25) is 5.32 Å². The molecule has 118 valence electrons. The van der Waals surface area contributed by atoms with Gasteiger partial charge in [0, 0.05) is 13.2 Å². The molecule has 0 radical (unpaired) electrons. The summed E-state index contributed by atoms with van der Waals surface area (Å²) in [4.78, 5) is 15.4. The Morgan fingerprint density at radius 1 is 1.38 bits per heavy atom. The number of nitrogens with zero attached hydrogens (tertiary/aromatic N) is 1. The van der Waals surface area contributed by atoms with Crippen LogP contribution in [-0.4, -0.2) is 35.0 Å². The molecule has 1 aliphatic rings. The van der Waals surface area contributed by atoms with Crippen LogP contribution in [0.3, 0.4) is 0 Å². The molecule has 0 atom stereocenters. The average Bonchev–Trinajstić information content (AvgIpc) is 2.95. The van der Waals surface area contributed by atoms with Gasteiger partial charge in [-0.2, -0.15) is 0 Å². The summed E-state index contributed by atoms with van der Waals surface area (Å²) >= 11 is 0. The molecule has 1 amide bonds. The average molecular weight is 296 g/mol. The highest BCUT2D eigenvalue weighted by Crippen LogP contribution is 2.10. The molecule has 21 heavy (non-hydrogen) atoms. The number of pyridine rings is 1. The Bertz CT molecular complexity index is 432. The number of carbonyl (C=O) groups excluding carboxylic acids is 1. The highest BCUT2D eigenvalue weighted by Gasteiger charge is 2.16. The largest absolute Gasteiger partial charge is 0.444 e. The van der Waals surface area contributed by atoms with Crippen molar-refractivity contribution in [1.29, 1.82) is 0 Å². The molecule has 1 saturated heterocycles. The maximum atomic E-state index is 11.4. The zero-order chi connectivity index (χ0) is 15.7. The summed E-state index contributed by atoms with van der Waals surface area (Å²) in [7, 11) is 0. The van der Waals surface area contributed by atoms with Crippen LogP contribution in [0.15, 0.2) is 18.2 Å². The fraction of sp³-hybridized carbons (Fsp3) is 0.600. The minimum absolute atomic E-state index is 0.163. The van der Waals surface area contributed by atoms with Gasteiger partial charge in [0.25, 0.3) is 0 Å². The molecule has 1 aromatic rings. The number of aliphatic hydroxyl groups excluding tert-OH is 1. The number of nitrogens with one attached hydrogen (secondary N) is 1. The summed E-state index contributed by atoms with van der Waals surface area (Å²) < 4.78 is 10.0. The second-order valence-corrected chi connectivity index (χ2v) is 5.62. The van der Waals surface area contributed by atoms with Crippen LogP contribution in [0.4, 0.5) is 10.6 Å². The Kier molecular flexibility index (Phi) is 7.11. The lowest BCUT2D eigenvalue weighted by Crippen LogP contribution is -2.27. The van der Waals surface area contributed by atoms with Crippen LogP contribution in [0.1, 0.15) is 39.3 Å². The molecule has 0 aliphatic carbocycles. The molecule has 1 fully saturated rings. The highest BCUT2D eigenvalue weighted by molar-refractivity contribution is 5.83. The number of aromatic nitrogens is 1. The molecule has 2 N–H and O–H groups in total. The van der Waals surface area contributed by atoms with Crippen molar-refractivity contribution < 1.29 is 19.4 Å². The quantitative estimate of drug-likeness (QED) is 0.877. The zero-order valence-corrected chi connectivity index (χ0v) is 12.9. The smallest absolute Gasteiger partial charge is 0.413 e. The molecule has 2 heterocycles. The summed E-state index contributed by atoms with van der Waals surface area (Å²) in [6.07, 6.45) is 2.00. The van der Waals surface area contributed by atoms with Gasteiger partial charge in [0.15, 0.2) is 0 Å². The number of amides is 1. The Labute approximate surface area is 125 Å². The molecule has 0 saturated carbocycles. The van der Waals surface area contributed by atoms with Crippen LogP contribution in [0.5, 0.6) is 0 Å². The minimum Gasteiger partial charge on any atom is -0.444 e. The summed E-state index contributed by atoms with van der Waals surface area (Å²) in [6, 6.07) is 4.99. The zero-order valence-electron chi connectivity index (χ0n) is 12.9. The minimum atomic E-state index is -0.560. The third kappa shape index (κ3) is 8.27. The molecule has 0 unspecified atom stereocenters. The number of hydrogen-bond acceptors (Lipinski definition) is 5. The Balaban J connectivity index is 0.000000369. The van der Waals surface area contributed by atoms with E-state index in [2.05, 4.69) is 10.3 Å². The molecule has 6 heteroatoms. The molecule has 6 nitrogen and oxygen atoms in total.